The Bertz CT molecular complexity index is 1310. The third kappa shape index (κ3) is 5.36. The van der Waals surface area contributed by atoms with Crippen molar-refractivity contribution in [3.63, 3.8) is 0 Å². The maximum Gasteiger partial charge on any atom is 0.267 e. The van der Waals surface area contributed by atoms with E-state index in [1.807, 2.05) is 31.2 Å². The summed E-state index contributed by atoms with van der Waals surface area (Å²) >= 11 is 0. The number of nitrogens with one attached hydrogen (secondary N) is 3. The summed E-state index contributed by atoms with van der Waals surface area (Å²) in [5, 5.41) is 6.71. The Hall–Kier alpha value is -4.19. The topological polar surface area (TPSA) is 74.0 Å². The van der Waals surface area contributed by atoms with Crippen LogP contribution in [0.25, 0.3) is 17.0 Å². The Labute approximate surface area is 191 Å². The van der Waals surface area contributed by atoms with Crippen molar-refractivity contribution in [2.75, 3.05) is 6.54 Å². The summed E-state index contributed by atoms with van der Waals surface area (Å²) < 4.78 is 13.3. The zero-order valence-electron chi connectivity index (χ0n) is 18.2. The van der Waals surface area contributed by atoms with E-state index < -0.39 is 11.8 Å². The third-order valence-corrected chi connectivity index (χ3v) is 5.40. The Kier molecular flexibility index (Phi) is 6.64. The van der Waals surface area contributed by atoms with E-state index in [0.29, 0.717) is 24.1 Å². The number of para-hydroxylation sites is 1. The smallest absolute Gasteiger partial charge is 0.267 e. The second kappa shape index (κ2) is 9.96. The van der Waals surface area contributed by atoms with Gasteiger partial charge in [0.2, 0.25) is 0 Å². The van der Waals surface area contributed by atoms with Gasteiger partial charge in [-0.05, 0) is 60.9 Å². The number of aromatic nitrogens is 1. The summed E-state index contributed by atoms with van der Waals surface area (Å²) in [5.74, 6) is -1.19. The second-order valence-corrected chi connectivity index (χ2v) is 7.71. The molecule has 5 nitrogen and oxygen atoms in total. The van der Waals surface area contributed by atoms with Gasteiger partial charge >= 0.3 is 0 Å². The molecule has 1 heterocycles. The van der Waals surface area contributed by atoms with Crippen LogP contribution in [-0.2, 0) is 11.2 Å². The lowest BCUT2D eigenvalue weighted by Crippen LogP contribution is -2.35. The highest BCUT2D eigenvalue weighted by molar-refractivity contribution is 6.05. The number of aryl methyl sites for hydroxylation is 1. The number of carbonyl (C=O) groups excluding carboxylic acids is 2. The van der Waals surface area contributed by atoms with Gasteiger partial charge in [0.1, 0.15) is 11.5 Å². The van der Waals surface area contributed by atoms with Gasteiger partial charge in [0.15, 0.2) is 0 Å². The van der Waals surface area contributed by atoms with Crippen molar-refractivity contribution in [1.29, 1.82) is 0 Å². The molecule has 0 bridgehead atoms. The fourth-order valence-corrected chi connectivity index (χ4v) is 3.72. The molecular weight excluding hydrogens is 417 g/mol. The fourth-order valence-electron chi connectivity index (χ4n) is 3.72. The van der Waals surface area contributed by atoms with E-state index in [9.17, 15) is 14.0 Å². The maximum absolute atomic E-state index is 13.3. The van der Waals surface area contributed by atoms with E-state index in [0.717, 1.165) is 22.2 Å². The number of rotatable bonds is 7. The fraction of sp³-hybridized carbons (Fsp3) is 0.111. The van der Waals surface area contributed by atoms with E-state index in [1.54, 1.807) is 36.4 Å². The Balaban J connectivity index is 1.50. The minimum Gasteiger partial charge on any atom is -0.358 e. The molecule has 166 valence electrons. The molecule has 2 amide bonds. The number of fused-ring (bicyclic) bond motifs is 1. The van der Waals surface area contributed by atoms with Crippen LogP contribution < -0.4 is 10.6 Å². The Morgan fingerprint density at radius 1 is 0.939 bits per heavy atom. The number of aromatic amines is 1. The molecule has 0 aliphatic carbocycles. The molecule has 0 aliphatic rings. The van der Waals surface area contributed by atoms with Crippen LogP contribution in [-0.4, -0.2) is 23.3 Å². The van der Waals surface area contributed by atoms with E-state index in [1.165, 1.54) is 18.2 Å². The van der Waals surface area contributed by atoms with Crippen LogP contribution in [0.4, 0.5) is 4.39 Å². The van der Waals surface area contributed by atoms with Crippen LogP contribution >= 0.6 is 0 Å². The first-order valence-corrected chi connectivity index (χ1v) is 10.7. The van der Waals surface area contributed by atoms with Gasteiger partial charge in [0, 0.05) is 28.7 Å². The lowest BCUT2D eigenvalue weighted by molar-refractivity contribution is -0.117. The normalized spacial score (nSPS) is 11.4. The van der Waals surface area contributed by atoms with Gasteiger partial charge < -0.3 is 15.6 Å². The molecule has 0 fully saturated rings. The summed E-state index contributed by atoms with van der Waals surface area (Å²) in [4.78, 5) is 29.0. The van der Waals surface area contributed by atoms with Crippen LogP contribution in [0.1, 0.15) is 27.2 Å². The van der Waals surface area contributed by atoms with E-state index in [2.05, 4.69) is 21.7 Å². The van der Waals surface area contributed by atoms with Crippen molar-refractivity contribution in [1.82, 2.24) is 15.6 Å². The van der Waals surface area contributed by atoms with Gasteiger partial charge in [-0.3, -0.25) is 9.59 Å². The average Bonchev–Trinajstić information content (AvgIpc) is 3.15. The first-order chi connectivity index (χ1) is 16.0. The standard InChI is InChI=1S/C27H24FN3O2/c1-18-22(23-9-5-6-10-24(23)30-18)15-16-29-27(33)25(17-19-11-13-21(28)14-12-19)31-26(32)20-7-3-2-4-8-20/h2-14,17,30H,15-16H2,1H3,(H,29,33)(H,31,32)/b25-17-. The summed E-state index contributed by atoms with van der Waals surface area (Å²) in [5.41, 5.74) is 4.38. The molecule has 1 aromatic heterocycles. The number of benzene rings is 3. The van der Waals surface area contributed by atoms with Crippen molar-refractivity contribution in [2.45, 2.75) is 13.3 Å². The molecule has 0 atom stereocenters. The monoisotopic (exact) mass is 441 g/mol. The van der Waals surface area contributed by atoms with Gasteiger partial charge in [-0.15, -0.1) is 0 Å². The first-order valence-electron chi connectivity index (χ1n) is 10.7. The van der Waals surface area contributed by atoms with Crippen LogP contribution in [0, 0.1) is 12.7 Å². The van der Waals surface area contributed by atoms with Gasteiger partial charge in [0.05, 0.1) is 0 Å². The molecule has 0 aliphatic heterocycles. The third-order valence-electron chi connectivity index (χ3n) is 5.40. The highest BCUT2D eigenvalue weighted by Gasteiger charge is 2.15. The van der Waals surface area contributed by atoms with E-state index in [-0.39, 0.29) is 11.5 Å². The van der Waals surface area contributed by atoms with Crippen molar-refractivity contribution in [2.24, 2.45) is 0 Å². The van der Waals surface area contributed by atoms with Crippen molar-refractivity contribution >= 4 is 28.8 Å². The van der Waals surface area contributed by atoms with Crippen molar-refractivity contribution < 1.29 is 14.0 Å². The lowest BCUT2D eigenvalue weighted by atomic mass is 10.1. The molecule has 0 saturated heterocycles. The molecule has 0 saturated carbocycles. The molecule has 0 radical (unpaired) electrons. The SMILES string of the molecule is Cc1[nH]c2ccccc2c1CCNC(=O)/C(=C/c1ccc(F)cc1)NC(=O)c1ccccc1. The minimum absolute atomic E-state index is 0.0890. The lowest BCUT2D eigenvalue weighted by Gasteiger charge is -2.12. The van der Waals surface area contributed by atoms with E-state index >= 15 is 0 Å². The highest BCUT2D eigenvalue weighted by Crippen LogP contribution is 2.22. The van der Waals surface area contributed by atoms with Crippen LogP contribution in [0.5, 0.6) is 0 Å². The molecular formula is C27H24FN3O2. The summed E-state index contributed by atoms with van der Waals surface area (Å²) in [7, 11) is 0. The highest BCUT2D eigenvalue weighted by atomic mass is 19.1. The molecule has 4 rings (SSSR count). The molecule has 3 aromatic carbocycles. The number of H-pyrrole nitrogens is 1. The van der Waals surface area contributed by atoms with Gasteiger partial charge in [-0.25, -0.2) is 4.39 Å². The first kappa shape index (κ1) is 22.0. The average molecular weight is 442 g/mol. The van der Waals surface area contributed by atoms with Crippen LogP contribution in [0.3, 0.4) is 0 Å². The van der Waals surface area contributed by atoms with Crippen molar-refractivity contribution in [3.8, 4) is 0 Å². The van der Waals surface area contributed by atoms with Crippen LogP contribution in [0.15, 0.2) is 84.6 Å². The van der Waals surface area contributed by atoms with E-state index in [4.69, 9.17) is 0 Å². The molecule has 0 spiro atoms. The number of hydrogen-bond donors (Lipinski definition) is 3. The maximum atomic E-state index is 13.3. The number of hydrogen-bond acceptors (Lipinski definition) is 2. The molecule has 6 heteroatoms. The van der Waals surface area contributed by atoms with Gasteiger partial charge in [0.25, 0.3) is 11.8 Å². The zero-order chi connectivity index (χ0) is 23.2. The van der Waals surface area contributed by atoms with Gasteiger partial charge in [-0.1, -0.05) is 48.5 Å². The molecule has 3 N–H and O–H groups in total. The molecule has 4 aromatic rings. The number of halogens is 1. The van der Waals surface area contributed by atoms with Crippen LogP contribution in [0.2, 0.25) is 0 Å². The largest absolute Gasteiger partial charge is 0.358 e. The zero-order valence-corrected chi connectivity index (χ0v) is 18.2. The molecule has 0 unspecified atom stereocenters. The summed E-state index contributed by atoms with van der Waals surface area (Å²) in [6, 6.07) is 22.4. The van der Waals surface area contributed by atoms with Gasteiger partial charge in [-0.2, -0.15) is 0 Å². The Morgan fingerprint density at radius 3 is 2.39 bits per heavy atom. The van der Waals surface area contributed by atoms with Crippen molar-refractivity contribution in [3.05, 3.63) is 113 Å². The minimum atomic E-state index is -0.416. The predicted molar refractivity (Wildman–Crippen MR) is 128 cm³/mol. The summed E-state index contributed by atoms with van der Waals surface area (Å²) in [6.07, 6.45) is 2.17. The Morgan fingerprint density at radius 2 is 1.64 bits per heavy atom. The second-order valence-electron chi connectivity index (χ2n) is 7.71. The molecule has 33 heavy (non-hydrogen) atoms. The number of amides is 2. The summed E-state index contributed by atoms with van der Waals surface area (Å²) in [6.45, 7) is 2.40. The quantitative estimate of drug-likeness (QED) is 0.362. The predicted octanol–water partition coefficient (Wildman–Crippen LogP) is 4.75. The number of carbonyl (C=O) groups is 2.